The molecule has 2 aromatic carbocycles. The van der Waals surface area contributed by atoms with E-state index in [0.717, 1.165) is 6.08 Å². The van der Waals surface area contributed by atoms with Crippen LogP contribution >= 0.6 is 0 Å². The monoisotopic (exact) mass is 308 g/mol. The van der Waals surface area contributed by atoms with Gasteiger partial charge in [-0.1, -0.05) is 49.6 Å². The molecule has 0 N–H and O–H groups in total. The largest absolute Gasteiger partial charge is 0.423 e. The number of ether oxygens (including phenoxy) is 2. The minimum absolute atomic E-state index is 0.297. The maximum atomic E-state index is 11.8. The topological polar surface area (TPSA) is 52.6 Å². The van der Waals surface area contributed by atoms with Gasteiger partial charge in [-0.05, 0) is 19.1 Å². The molecule has 0 atom stereocenters. The summed E-state index contributed by atoms with van der Waals surface area (Å²) < 4.78 is 10.6. The summed E-state index contributed by atoms with van der Waals surface area (Å²) in [5, 5.41) is 0. The lowest BCUT2D eigenvalue weighted by Gasteiger charge is -2.13. The molecule has 0 amide bonds. The zero-order valence-corrected chi connectivity index (χ0v) is 12.7. The van der Waals surface area contributed by atoms with Gasteiger partial charge in [0.1, 0.15) is 11.5 Å². The smallest absolute Gasteiger partial charge is 0.338 e. The number of rotatable bonds is 5. The number of esters is 2. The van der Waals surface area contributed by atoms with Crippen molar-refractivity contribution < 1.29 is 19.1 Å². The molecule has 0 saturated heterocycles. The zero-order chi connectivity index (χ0) is 16.8. The highest BCUT2D eigenvalue weighted by molar-refractivity contribution is 5.91. The van der Waals surface area contributed by atoms with Crippen LogP contribution in [0.25, 0.3) is 11.1 Å². The average molecular weight is 308 g/mol. The Kier molecular flexibility index (Phi) is 5.10. The molecule has 0 aliphatic heterocycles. The lowest BCUT2D eigenvalue weighted by Crippen LogP contribution is -2.09. The Morgan fingerprint density at radius 2 is 1.39 bits per heavy atom. The molecule has 0 fully saturated rings. The lowest BCUT2D eigenvalue weighted by molar-refractivity contribution is -0.130. The summed E-state index contributed by atoms with van der Waals surface area (Å²) in [6.07, 6.45) is 1.09. The fourth-order valence-electron chi connectivity index (χ4n) is 1.89. The third kappa shape index (κ3) is 3.95. The number of para-hydroxylation sites is 2. The fraction of sp³-hybridized carbons (Fsp3) is 0.0526. The first kappa shape index (κ1) is 16.2. The molecule has 2 rings (SSSR count). The molecule has 0 unspecified atom stereocenters. The van der Waals surface area contributed by atoms with Gasteiger partial charge in [0, 0.05) is 22.8 Å². The standard InChI is InChI=1S/C19H16O4/c1-4-18(20)22-16-11-7-5-9-14(16)15-10-6-8-12-17(15)23-19(21)13(2)3/h4-12H,1-2H2,3H3. The second kappa shape index (κ2) is 7.22. The predicted octanol–water partition coefficient (Wildman–Crippen LogP) is 3.93. The van der Waals surface area contributed by atoms with Gasteiger partial charge in [0.25, 0.3) is 0 Å². The molecule has 0 spiro atoms. The number of hydrogen-bond acceptors (Lipinski definition) is 4. The van der Waals surface area contributed by atoms with Gasteiger partial charge in [0.15, 0.2) is 0 Å². The summed E-state index contributed by atoms with van der Waals surface area (Å²) in [5.41, 5.74) is 1.56. The van der Waals surface area contributed by atoms with Gasteiger partial charge in [-0.25, -0.2) is 9.59 Å². The van der Waals surface area contributed by atoms with E-state index in [9.17, 15) is 9.59 Å². The molecule has 0 radical (unpaired) electrons. The van der Waals surface area contributed by atoms with E-state index in [1.165, 1.54) is 0 Å². The van der Waals surface area contributed by atoms with Crippen molar-refractivity contribution >= 4 is 11.9 Å². The van der Waals surface area contributed by atoms with Gasteiger partial charge in [-0.3, -0.25) is 0 Å². The molecule has 23 heavy (non-hydrogen) atoms. The quantitative estimate of drug-likeness (QED) is 0.477. The summed E-state index contributed by atoms with van der Waals surface area (Å²) in [7, 11) is 0. The molecule has 0 aromatic heterocycles. The van der Waals surface area contributed by atoms with Crippen LogP contribution in [0.15, 0.2) is 73.3 Å². The van der Waals surface area contributed by atoms with Gasteiger partial charge in [-0.2, -0.15) is 0 Å². The van der Waals surface area contributed by atoms with E-state index in [1.807, 2.05) is 0 Å². The van der Waals surface area contributed by atoms with E-state index in [4.69, 9.17) is 9.47 Å². The predicted molar refractivity (Wildman–Crippen MR) is 88.2 cm³/mol. The van der Waals surface area contributed by atoms with Crippen molar-refractivity contribution in [2.45, 2.75) is 6.92 Å². The molecular weight excluding hydrogens is 292 g/mol. The number of benzene rings is 2. The van der Waals surface area contributed by atoms with Crippen molar-refractivity contribution in [2.24, 2.45) is 0 Å². The Labute approximate surface area is 134 Å². The Bertz CT molecular complexity index is 774. The molecule has 0 heterocycles. The van der Waals surface area contributed by atoms with Crippen molar-refractivity contribution in [3.63, 3.8) is 0 Å². The first-order chi connectivity index (χ1) is 11.0. The van der Waals surface area contributed by atoms with Crippen LogP contribution in [0.2, 0.25) is 0 Å². The molecule has 0 aliphatic carbocycles. The van der Waals surface area contributed by atoms with E-state index < -0.39 is 11.9 Å². The second-order valence-electron chi connectivity index (χ2n) is 4.79. The van der Waals surface area contributed by atoms with E-state index >= 15 is 0 Å². The number of carbonyl (C=O) groups is 2. The van der Waals surface area contributed by atoms with E-state index in [2.05, 4.69) is 13.2 Å². The highest BCUT2D eigenvalue weighted by Crippen LogP contribution is 2.36. The number of hydrogen-bond donors (Lipinski definition) is 0. The first-order valence-corrected chi connectivity index (χ1v) is 6.93. The summed E-state index contributed by atoms with van der Waals surface area (Å²) in [6.45, 7) is 8.52. The summed E-state index contributed by atoms with van der Waals surface area (Å²) in [4.78, 5) is 23.3. The highest BCUT2D eigenvalue weighted by Gasteiger charge is 2.15. The number of carbonyl (C=O) groups excluding carboxylic acids is 2. The molecule has 2 aromatic rings. The molecule has 116 valence electrons. The van der Waals surface area contributed by atoms with Crippen molar-refractivity contribution in [2.75, 3.05) is 0 Å². The molecule has 0 saturated carbocycles. The average Bonchev–Trinajstić information content (AvgIpc) is 2.55. The van der Waals surface area contributed by atoms with Crippen LogP contribution in [0, 0.1) is 0 Å². The van der Waals surface area contributed by atoms with E-state index in [-0.39, 0.29) is 0 Å². The molecule has 4 nitrogen and oxygen atoms in total. The minimum atomic E-state index is -0.561. The van der Waals surface area contributed by atoms with E-state index in [0.29, 0.717) is 28.2 Å². The van der Waals surface area contributed by atoms with Crippen LogP contribution < -0.4 is 9.47 Å². The van der Waals surface area contributed by atoms with Gasteiger partial charge >= 0.3 is 11.9 Å². The molecule has 0 bridgehead atoms. The van der Waals surface area contributed by atoms with Crippen molar-refractivity contribution in [3.8, 4) is 22.6 Å². The van der Waals surface area contributed by atoms with Crippen molar-refractivity contribution in [3.05, 3.63) is 73.3 Å². The third-order valence-corrected chi connectivity index (χ3v) is 2.99. The summed E-state index contributed by atoms with van der Waals surface area (Å²) in [5.74, 6) is -0.356. The highest BCUT2D eigenvalue weighted by atomic mass is 16.5. The van der Waals surface area contributed by atoms with Crippen LogP contribution in [0.5, 0.6) is 11.5 Å². The summed E-state index contributed by atoms with van der Waals surface area (Å²) >= 11 is 0. The van der Waals surface area contributed by atoms with Crippen molar-refractivity contribution in [1.29, 1.82) is 0 Å². The third-order valence-electron chi connectivity index (χ3n) is 2.99. The maximum absolute atomic E-state index is 11.8. The van der Waals surface area contributed by atoms with Crippen molar-refractivity contribution in [1.82, 2.24) is 0 Å². The fourth-order valence-corrected chi connectivity index (χ4v) is 1.89. The molecule has 0 aliphatic rings. The first-order valence-electron chi connectivity index (χ1n) is 6.93. The van der Waals surface area contributed by atoms with Crippen LogP contribution in [0.1, 0.15) is 6.92 Å². The van der Waals surface area contributed by atoms with Crippen LogP contribution in [0.3, 0.4) is 0 Å². The van der Waals surface area contributed by atoms with Gasteiger partial charge in [-0.15, -0.1) is 0 Å². The minimum Gasteiger partial charge on any atom is -0.423 e. The Morgan fingerprint density at radius 1 is 0.913 bits per heavy atom. The Balaban J connectivity index is 2.47. The normalized spacial score (nSPS) is 9.78. The van der Waals surface area contributed by atoms with Crippen LogP contribution in [-0.2, 0) is 9.59 Å². The second-order valence-corrected chi connectivity index (χ2v) is 4.79. The SMILES string of the molecule is C=CC(=O)Oc1ccccc1-c1ccccc1OC(=O)C(=C)C. The Hall–Kier alpha value is -3.14. The van der Waals surface area contributed by atoms with Gasteiger partial charge in [0.05, 0.1) is 0 Å². The lowest BCUT2D eigenvalue weighted by atomic mass is 10.0. The maximum Gasteiger partial charge on any atom is 0.338 e. The molecule has 4 heteroatoms. The van der Waals surface area contributed by atoms with Gasteiger partial charge in [0.2, 0.25) is 0 Å². The van der Waals surface area contributed by atoms with Gasteiger partial charge < -0.3 is 9.47 Å². The van der Waals surface area contributed by atoms with E-state index in [1.54, 1.807) is 55.5 Å². The molecular formula is C19H16O4. The van der Waals surface area contributed by atoms with Crippen LogP contribution in [0.4, 0.5) is 0 Å². The summed E-state index contributed by atoms with van der Waals surface area (Å²) in [6, 6.07) is 14.0. The van der Waals surface area contributed by atoms with Crippen LogP contribution in [-0.4, -0.2) is 11.9 Å². The zero-order valence-electron chi connectivity index (χ0n) is 12.7. The Morgan fingerprint density at radius 3 is 1.87 bits per heavy atom.